The Kier molecular flexibility index (Phi) is 6.15. The average Bonchev–Trinajstić information content (AvgIpc) is 3.12. The van der Waals surface area contributed by atoms with E-state index in [0.717, 1.165) is 4.90 Å². The van der Waals surface area contributed by atoms with Crippen LogP contribution in [0.4, 0.5) is 4.79 Å². The van der Waals surface area contributed by atoms with Gasteiger partial charge in [0.2, 0.25) is 5.91 Å². The summed E-state index contributed by atoms with van der Waals surface area (Å²) in [6, 6.07) is 5.46. The number of halogens is 1. The molecule has 0 bridgehead atoms. The number of imide groups is 1. The maximum atomic E-state index is 13.1. The highest BCUT2D eigenvalue weighted by Gasteiger charge is 2.50. The average molecular weight is 456 g/mol. The monoisotopic (exact) mass is 455 g/mol. The van der Waals surface area contributed by atoms with Crippen LogP contribution in [0.2, 0.25) is 5.02 Å². The summed E-state index contributed by atoms with van der Waals surface area (Å²) >= 11 is 5.91. The van der Waals surface area contributed by atoms with Gasteiger partial charge in [0.05, 0.1) is 11.5 Å². The fourth-order valence-electron chi connectivity index (χ4n) is 3.91. The fraction of sp³-hybridized carbons (Fsp3) is 0.550. The topological polar surface area (TPSA) is 104 Å². The summed E-state index contributed by atoms with van der Waals surface area (Å²) in [6.07, 6.45) is 0.365. The molecule has 0 unspecified atom stereocenters. The molecule has 2 atom stereocenters. The number of benzene rings is 1. The summed E-state index contributed by atoms with van der Waals surface area (Å²) in [5.41, 5.74) is -0.747. The first-order valence-electron chi connectivity index (χ1n) is 9.83. The van der Waals surface area contributed by atoms with E-state index >= 15 is 0 Å². The van der Waals surface area contributed by atoms with Crippen molar-refractivity contribution in [3.05, 3.63) is 34.9 Å². The van der Waals surface area contributed by atoms with Gasteiger partial charge in [0.1, 0.15) is 12.1 Å². The van der Waals surface area contributed by atoms with Crippen molar-refractivity contribution in [2.24, 2.45) is 5.92 Å². The second kappa shape index (κ2) is 8.19. The van der Waals surface area contributed by atoms with E-state index in [-0.39, 0.29) is 17.4 Å². The Morgan fingerprint density at radius 2 is 1.93 bits per heavy atom. The molecule has 0 saturated carbocycles. The Balaban J connectivity index is 1.79. The number of amides is 4. The minimum absolute atomic E-state index is 0.0390. The van der Waals surface area contributed by atoms with E-state index < -0.39 is 45.8 Å². The Labute approximate surface area is 181 Å². The van der Waals surface area contributed by atoms with Gasteiger partial charge in [0, 0.05) is 17.6 Å². The van der Waals surface area contributed by atoms with Gasteiger partial charge < -0.3 is 10.2 Å². The number of nitrogens with zero attached hydrogens (tertiary/aromatic N) is 2. The van der Waals surface area contributed by atoms with Gasteiger partial charge >= 0.3 is 6.03 Å². The van der Waals surface area contributed by atoms with E-state index in [2.05, 4.69) is 5.32 Å². The summed E-state index contributed by atoms with van der Waals surface area (Å²) in [6.45, 7) is 5.36. The molecule has 1 N–H and O–H groups in total. The van der Waals surface area contributed by atoms with Gasteiger partial charge in [-0.15, -0.1) is 0 Å². The highest BCUT2D eigenvalue weighted by Crippen LogP contribution is 2.30. The van der Waals surface area contributed by atoms with Crippen molar-refractivity contribution in [1.29, 1.82) is 0 Å². The normalized spacial score (nSPS) is 25.6. The van der Waals surface area contributed by atoms with E-state index in [9.17, 15) is 22.8 Å². The molecule has 0 aromatic heterocycles. The van der Waals surface area contributed by atoms with Crippen LogP contribution in [0.25, 0.3) is 0 Å². The highest BCUT2D eigenvalue weighted by molar-refractivity contribution is 7.91. The van der Waals surface area contributed by atoms with Gasteiger partial charge in [-0.3, -0.25) is 14.5 Å². The number of carbonyl (C=O) groups excluding carboxylic acids is 3. The predicted molar refractivity (Wildman–Crippen MR) is 113 cm³/mol. The molecule has 8 nitrogen and oxygen atoms in total. The van der Waals surface area contributed by atoms with Gasteiger partial charge in [0.25, 0.3) is 5.91 Å². The molecule has 0 spiro atoms. The zero-order valence-corrected chi connectivity index (χ0v) is 18.8. The molecule has 2 saturated heterocycles. The van der Waals surface area contributed by atoms with E-state index in [1.807, 2.05) is 13.8 Å². The number of hydrogen-bond acceptors (Lipinski definition) is 5. The Bertz CT molecular complexity index is 963. The molecule has 0 radical (unpaired) electrons. The largest absolute Gasteiger partial charge is 0.337 e. The highest BCUT2D eigenvalue weighted by atomic mass is 35.5. The van der Waals surface area contributed by atoms with Crippen molar-refractivity contribution in [2.45, 2.75) is 38.8 Å². The van der Waals surface area contributed by atoms with E-state index in [4.69, 9.17) is 11.6 Å². The lowest BCUT2D eigenvalue weighted by Crippen LogP contribution is -2.49. The lowest BCUT2D eigenvalue weighted by molar-refractivity contribution is -0.140. The van der Waals surface area contributed by atoms with Crippen LogP contribution in [-0.4, -0.2) is 66.7 Å². The zero-order valence-electron chi connectivity index (χ0n) is 17.2. The number of hydrogen-bond donors (Lipinski definition) is 1. The minimum atomic E-state index is -3.18. The summed E-state index contributed by atoms with van der Waals surface area (Å²) in [5.74, 6) is -0.910. The molecule has 3 rings (SSSR count). The SMILES string of the molecule is CC(C)CN(C(=O)CN1C(=O)N[C@](C)(c2ccc(Cl)cc2)C1=O)[C@@H]1CCS(=O)(=O)C1. The predicted octanol–water partition coefficient (Wildman–Crippen LogP) is 1.78. The molecule has 0 aliphatic carbocycles. The first-order valence-corrected chi connectivity index (χ1v) is 12.0. The molecule has 1 aromatic rings. The van der Waals surface area contributed by atoms with Crippen LogP contribution in [0.15, 0.2) is 24.3 Å². The summed E-state index contributed by atoms with van der Waals surface area (Å²) in [5, 5.41) is 3.16. The standard InChI is InChI=1S/C20H26ClN3O5S/c1-13(2)10-23(16-8-9-30(28,29)12-16)17(25)11-24-18(26)20(3,22-19(24)27)14-4-6-15(21)7-5-14/h4-7,13,16H,8-12H2,1-3H3,(H,22,27)/t16-,20-/m1/s1. The lowest BCUT2D eigenvalue weighted by Gasteiger charge is -2.31. The smallest absolute Gasteiger partial charge is 0.325 e. The maximum absolute atomic E-state index is 13.1. The van der Waals surface area contributed by atoms with Crippen molar-refractivity contribution in [1.82, 2.24) is 15.1 Å². The third-order valence-electron chi connectivity index (χ3n) is 5.52. The van der Waals surface area contributed by atoms with Crippen molar-refractivity contribution in [2.75, 3.05) is 24.6 Å². The van der Waals surface area contributed by atoms with Crippen molar-refractivity contribution >= 4 is 39.3 Å². The van der Waals surface area contributed by atoms with E-state index in [0.29, 0.717) is 23.6 Å². The fourth-order valence-corrected chi connectivity index (χ4v) is 5.77. The van der Waals surface area contributed by atoms with Gasteiger partial charge in [-0.05, 0) is 37.0 Å². The van der Waals surface area contributed by atoms with Crippen LogP contribution in [0.3, 0.4) is 0 Å². The number of nitrogens with one attached hydrogen (secondary N) is 1. The molecule has 4 amide bonds. The third-order valence-corrected chi connectivity index (χ3v) is 7.52. The van der Waals surface area contributed by atoms with Crippen molar-refractivity contribution in [3.8, 4) is 0 Å². The summed E-state index contributed by atoms with van der Waals surface area (Å²) in [7, 11) is -3.18. The second-order valence-electron chi connectivity index (χ2n) is 8.45. The third kappa shape index (κ3) is 4.46. The number of carbonyl (C=O) groups is 3. The first kappa shape index (κ1) is 22.6. The molecule has 2 heterocycles. The van der Waals surface area contributed by atoms with Gasteiger partial charge in [-0.1, -0.05) is 37.6 Å². The van der Waals surface area contributed by atoms with Crippen LogP contribution >= 0.6 is 11.6 Å². The van der Waals surface area contributed by atoms with Crippen LogP contribution in [-0.2, 0) is 25.0 Å². The Morgan fingerprint density at radius 1 is 1.30 bits per heavy atom. The maximum Gasteiger partial charge on any atom is 0.325 e. The number of sulfone groups is 1. The molecule has 30 heavy (non-hydrogen) atoms. The molecule has 1 aromatic carbocycles. The van der Waals surface area contributed by atoms with Gasteiger partial charge in [0.15, 0.2) is 9.84 Å². The van der Waals surface area contributed by atoms with E-state index in [1.165, 1.54) is 4.90 Å². The molecule has 2 fully saturated rings. The van der Waals surface area contributed by atoms with Crippen LogP contribution in [0, 0.1) is 5.92 Å². The number of urea groups is 1. The Hall–Kier alpha value is -2.13. The first-order chi connectivity index (χ1) is 13.9. The number of rotatable bonds is 6. The van der Waals surface area contributed by atoms with Gasteiger partial charge in [-0.25, -0.2) is 13.2 Å². The zero-order chi connectivity index (χ0) is 22.3. The molecule has 10 heteroatoms. The van der Waals surface area contributed by atoms with Crippen LogP contribution in [0.1, 0.15) is 32.8 Å². The summed E-state index contributed by atoms with van der Waals surface area (Å²) < 4.78 is 23.8. The second-order valence-corrected chi connectivity index (χ2v) is 11.1. The lowest BCUT2D eigenvalue weighted by atomic mass is 9.92. The summed E-state index contributed by atoms with van der Waals surface area (Å²) in [4.78, 5) is 41.1. The van der Waals surface area contributed by atoms with E-state index in [1.54, 1.807) is 31.2 Å². The minimum Gasteiger partial charge on any atom is -0.337 e. The Morgan fingerprint density at radius 3 is 2.47 bits per heavy atom. The van der Waals surface area contributed by atoms with Crippen LogP contribution < -0.4 is 5.32 Å². The quantitative estimate of drug-likeness (QED) is 0.658. The molecule has 2 aliphatic rings. The molecular weight excluding hydrogens is 430 g/mol. The molecular formula is C20H26ClN3O5S. The van der Waals surface area contributed by atoms with Crippen molar-refractivity contribution in [3.63, 3.8) is 0 Å². The molecule has 2 aliphatic heterocycles. The van der Waals surface area contributed by atoms with Crippen LogP contribution in [0.5, 0.6) is 0 Å². The van der Waals surface area contributed by atoms with Gasteiger partial charge in [-0.2, -0.15) is 0 Å². The van der Waals surface area contributed by atoms with Crippen molar-refractivity contribution < 1.29 is 22.8 Å². The molecule has 164 valence electrons.